The molecule has 0 amide bonds. The number of aromatic hydroxyl groups is 1. The molecule has 0 aliphatic carbocycles. The van der Waals surface area contributed by atoms with E-state index < -0.39 is 4.92 Å². The molecule has 0 unspecified atom stereocenters. The van der Waals surface area contributed by atoms with Crippen LogP contribution in [0.3, 0.4) is 0 Å². The predicted octanol–water partition coefficient (Wildman–Crippen LogP) is 2.32. The number of phenolic OH excluding ortho intramolecular Hbond substituents is 1. The second-order valence-corrected chi connectivity index (χ2v) is 3.33. The molecule has 0 saturated carbocycles. The van der Waals surface area contributed by atoms with Gasteiger partial charge >= 0.3 is 35.2 Å². The van der Waals surface area contributed by atoms with E-state index in [1.165, 1.54) is 12.1 Å². The van der Waals surface area contributed by atoms with Gasteiger partial charge in [0, 0.05) is 6.07 Å². The Labute approximate surface area is 120 Å². The fourth-order valence-corrected chi connectivity index (χ4v) is 1.48. The minimum atomic E-state index is -0.595. The number of benzene rings is 2. The first-order valence-corrected chi connectivity index (χ1v) is 4.71. The molecule has 82 valence electrons. The number of hydrogen-bond acceptors (Lipinski definition) is 3. The van der Waals surface area contributed by atoms with Crippen LogP contribution < -0.4 is 0 Å². The van der Waals surface area contributed by atoms with Crippen molar-refractivity contribution in [1.29, 1.82) is 0 Å². The summed E-state index contributed by atoms with van der Waals surface area (Å²) in [5.74, 6) is -0.315. The summed E-state index contributed by atoms with van der Waals surface area (Å²) in [5.41, 5.74) is 1.32. The standard InChI is InChI=1S/C12H9NO3.Na.H/c14-12-7-6-10(8-11(12)13(15)16)9-4-2-1-3-5-9;;/h1-8,14H;;. The maximum absolute atomic E-state index is 10.7. The van der Waals surface area contributed by atoms with Gasteiger partial charge < -0.3 is 5.11 Å². The van der Waals surface area contributed by atoms with Crippen LogP contribution >= 0.6 is 0 Å². The van der Waals surface area contributed by atoms with Crippen LogP contribution in [0.25, 0.3) is 11.1 Å². The summed E-state index contributed by atoms with van der Waals surface area (Å²) >= 11 is 0. The summed E-state index contributed by atoms with van der Waals surface area (Å²) in [7, 11) is 0. The predicted molar refractivity (Wildman–Crippen MR) is 67.3 cm³/mol. The molecule has 4 nitrogen and oxygen atoms in total. The Morgan fingerprint density at radius 3 is 2.24 bits per heavy atom. The number of phenols is 1. The number of hydrogen-bond donors (Lipinski definition) is 1. The van der Waals surface area contributed by atoms with Gasteiger partial charge in [-0.15, -0.1) is 0 Å². The minimum absolute atomic E-state index is 0. The fraction of sp³-hybridized carbons (Fsp3) is 0. The van der Waals surface area contributed by atoms with Crippen LogP contribution in [0.4, 0.5) is 5.69 Å². The summed E-state index contributed by atoms with van der Waals surface area (Å²) < 4.78 is 0. The summed E-state index contributed by atoms with van der Waals surface area (Å²) in [6.45, 7) is 0. The third-order valence-electron chi connectivity index (χ3n) is 2.28. The Kier molecular flexibility index (Phi) is 4.69. The number of nitrogens with zero attached hydrogens (tertiary/aromatic N) is 1. The SMILES string of the molecule is O=[N+]([O-])c1cc(-c2ccccc2)ccc1O.[NaH]. The van der Waals surface area contributed by atoms with Crippen LogP contribution in [0.1, 0.15) is 0 Å². The average Bonchev–Trinajstić information content (AvgIpc) is 2.30. The van der Waals surface area contributed by atoms with E-state index in [1.807, 2.05) is 30.3 Å². The molecule has 5 heteroatoms. The van der Waals surface area contributed by atoms with Crippen molar-refractivity contribution in [3.05, 3.63) is 58.6 Å². The van der Waals surface area contributed by atoms with Crippen molar-refractivity contribution in [3.8, 4) is 16.9 Å². The van der Waals surface area contributed by atoms with E-state index in [2.05, 4.69) is 0 Å². The normalized spacial score (nSPS) is 9.41. The number of nitro benzene ring substituents is 1. The molecule has 0 radical (unpaired) electrons. The molecule has 2 aromatic carbocycles. The first-order chi connectivity index (χ1) is 7.68. The average molecular weight is 239 g/mol. The van der Waals surface area contributed by atoms with Gasteiger partial charge in [-0.1, -0.05) is 36.4 Å². The van der Waals surface area contributed by atoms with Gasteiger partial charge in [-0.3, -0.25) is 10.1 Å². The zero-order valence-corrected chi connectivity index (χ0v) is 8.33. The van der Waals surface area contributed by atoms with Crippen LogP contribution in [0.15, 0.2) is 48.5 Å². The zero-order chi connectivity index (χ0) is 11.5. The van der Waals surface area contributed by atoms with E-state index in [9.17, 15) is 15.2 Å². The molecule has 0 bridgehead atoms. The van der Waals surface area contributed by atoms with Crippen LogP contribution in [0, 0.1) is 10.1 Å². The van der Waals surface area contributed by atoms with E-state index >= 15 is 0 Å². The van der Waals surface area contributed by atoms with Crippen molar-refractivity contribution < 1.29 is 10.0 Å². The molecule has 0 saturated heterocycles. The van der Waals surface area contributed by atoms with Crippen molar-refractivity contribution in [3.63, 3.8) is 0 Å². The molecule has 1 N–H and O–H groups in total. The van der Waals surface area contributed by atoms with Crippen molar-refractivity contribution in [2.75, 3.05) is 0 Å². The monoisotopic (exact) mass is 239 g/mol. The van der Waals surface area contributed by atoms with E-state index in [4.69, 9.17) is 0 Å². The fourth-order valence-electron chi connectivity index (χ4n) is 1.48. The molecule has 0 heterocycles. The Bertz CT molecular complexity index is 529. The van der Waals surface area contributed by atoms with Crippen LogP contribution in [0.5, 0.6) is 5.75 Å². The number of nitro groups is 1. The molecular weight excluding hydrogens is 229 g/mol. The van der Waals surface area contributed by atoms with Crippen molar-refractivity contribution in [2.45, 2.75) is 0 Å². The van der Waals surface area contributed by atoms with Crippen LogP contribution in [-0.4, -0.2) is 39.6 Å². The molecule has 2 rings (SSSR count). The molecule has 0 aliphatic heterocycles. The van der Waals surface area contributed by atoms with Gasteiger partial charge in [0.05, 0.1) is 4.92 Å². The van der Waals surface area contributed by atoms with E-state index in [-0.39, 0.29) is 41.0 Å². The van der Waals surface area contributed by atoms with Gasteiger partial charge in [0.1, 0.15) is 0 Å². The Morgan fingerprint density at radius 1 is 1.00 bits per heavy atom. The molecule has 0 spiro atoms. The zero-order valence-electron chi connectivity index (χ0n) is 8.33. The van der Waals surface area contributed by atoms with Crippen molar-refractivity contribution >= 4 is 35.2 Å². The molecule has 17 heavy (non-hydrogen) atoms. The third kappa shape index (κ3) is 3.06. The second kappa shape index (κ2) is 5.82. The number of rotatable bonds is 2. The van der Waals surface area contributed by atoms with Gasteiger partial charge in [-0.25, -0.2) is 0 Å². The first kappa shape index (κ1) is 13.7. The molecular formula is C12H10NNaO3. The maximum atomic E-state index is 10.7. The van der Waals surface area contributed by atoms with Crippen LogP contribution in [-0.2, 0) is 0 Å². The van der Waals surface area contributed by atoms with Crippen molar-refractivity contribution in [2.24, 2.45) is 0 Å². The summed E-state index contributed by atoms with van der Waals surface area (Å²) in [5, 5.41) is 20.0. The van der Waals surface area contributed by atoms with E-state index in [0.717, 1.165) is 5.56 Å². The molecule has 0 atom stereocenters. The van der Waals surface area contributed by atoms with E-state index in [0.29, 0.717) is 5.56 Å². The Hall–Kier alpha value is -1.36. The Morgan fingerprint density at radius 2 is 1.65 bits per heavy atom. The van der Waals surface area contributed by atoms with Crippen LogP contribution in [0.2, 0.25) is 0 Å². The van der Waals surface area contributed by atoms with Crippen molar-refractivity contribution in [1.82, 2.24) is 0 Å². The second-order valence-electron chi connectivity index (χ2n) is 3.33. The van der Waals surface area contributed by atoms with Gasteiger partial charge in [0.25, 0.3) is 0 Å². The van der Waals surface area contributed by atoms with Gasteiger partial charge in [-0.05, 0) is 17.2 Å². The van der Waals surface area contributed by atoms with Gasteiger partial charge in [-0.2, -0.15) is 0 Å². The molecule has 2 aromatic rings. The summed E-state index contributed by atoms with van der Waals surface area (Å²) in [4.78, 5) is 10.1. The topological polar surface area (TPSA) is 63.4 Å². The summed E-state index contributed by atoms with van der Waals surface area (Å²) in [6.07, 6.45) is 0. The third-order valence-corrected chi connectivity index (χ3v) is 2.28. The van der Waals surface area contributed by atoms with E-state index in [1.54, 1.807) is 6.07 Å². The van der Waals surface area contributed by atoms with Gasteiger partial charge in [0.15, 0.2) is 5.75 Å². The molecule has 0 aliphatic rings. The first-order valence-electron chi connectivity index (χ1n) is 4.71. The molecule has 0 aromatic heterocycles. The molecule has 0 fully saturated rings. The summed E-state index contributed by atoms with van der Waals surface area (Å²) in [6, 6.07) is 13.6. The quantitative estimate of drug-likeness (QED) is 0.497. The Balaban J connectivity index is 0.00000144. The van der Waals surface area contributed by atoms with Gasteiger partial charge in [0.2, 0.25) is 0 Å².